The van der Waals surface area contributed by atoms with E-state index in [0.29, 0.717) is 19.1 Å². The minimum Gasteiger partial charge on any atom is -0.492 e. The van der Waals surface area contributed by atoms with Gasteiger partial charge < -0.3 is 19.3 Å². The molecule has 0 fully saturated rings. The van der Waals surface area contributed by atoms with E-state index < -0.39 is 0 Å². The maximum absolute atomic E-state index is 8.92. The summed E-state index contributed by atoms with van der Waals surface area (Å²) in [6.45, 7) is 5.72. The maximum Gasteiger partial charge on any atom is 0.188 e. The number of fused-ring (bicyclic) bond motifs is 1. The largest absolute Gasteiger partial charge is 0.492 e. The number of methoxy groups -OCH3 is 1. The fourth-order valence-corrected chi connectivity index (χ4v) is 4.85. The Morgan fingerprint density at radius 2 is 1.66 bits per heavy atom. The van der Waals surface area contributed by atoms with E-state index in [0.717, 1.165) is 30.8 Å². The smallest absolute Gasteiger partial charge is 0.188 e. The molecule has 32 heavy (non-hydrogen) atoms. The van der Waals surface area contributed by atoms with Gasteiger partial charge in [-0.3, -0.25) is 0 Å². The molecule has 1 aliphatic rings. The molecular weight excluding hydrogens is 400 g/mol. The molecule has 2 atom stereocenters. The zero-order chi connectivity index (χ0) is 22.8. The quantitative estimate of drug-likeness (QED) is 0.284. The van der Waals surface area contributed by atoms with Crippen molar-refractivity contribution in [1.29, 1.82) is 0 Å². The first-order valence-electron chi connectivity index (χ1n) is 12.1. The molecule has 1 aliphatic heterocycles. The van der Waals surface area contributed by atoms with Gasteiger partial charge in [0.15, 0.2) is 6.79 Å². The van der Waals surface area contributed by atoms with Gasteiger partial charge >= 0.3 is 0 Å². The van der Waals surface area contributed by atoms with Crippen LogP contribution < -0.4 is 9.47 Å². The Labute approximate surface area is 193 Å². The van der Waals surface area contributed by atoms with Gasteiger partial charge in [0.05, 0.1) is 6.61 Å². The van der Waals surface area contributed by atoms with Crippen LogP contribution in [0.15, 0.2) is 42.5 Å². The second kappa shape index (κ2) is 12.3. The highest BCUT2D eigenvalue weighted by atomic mass is 16.7. The lowest BCUT2D eigenvalue weighted by Crippen LogP contribution is -2.40. The van der Waals surface area contributed by atoms with Crippen LogP contribution in [0, 0.1) is 6.92 Å². The number of hydrogen-bond acceptors (Lipinski definition) is 4. The third-order valence-electron chi connectivity index (χ3n) is 6.86. The Bertz CT molecular complexity index is 817. The molecule has 0 aliphatic carbocycles. The van der Waals surface area contributed by atoms with E-state index in [-0.39, 0.29) is 12.2 Å². The molecule has 0 unspecified atom stereocenters. The molecule has 176 valence electrons. The Morgan fingerprint density at radius 1 is 0.969 bits per heavy atom. The average molecular weight is 441 g/mol. The van der Waals surface area contributed by atoms with Gasteiger partial charge in [0.1, 0.15) is 11.5 Å². The number of unbranched alkanes of at least 4 members (excludes halogenated alkanes) is 6. The first-order chi connectivity index (χ1) is 15.6. The van der Waals surface area contributed by atoms with Gasteiger partial charge in [-0.15, -0.1) is 0 Å². The minimum atomic E-state index is -0.0588. The molecular formula is C28H40O4. The van der Waals surface area contributed by atoms with Crippen molar-refractivity contribution in [3.63, 3.8) is 0 Å². The number of rotatable bonds is 13. The van der Waals surface area contributed by atoms with Crippen LogP contribution in [0.25, 0.3) is 0 Å². The highest BCUT2D eigenvalue weighted by Crippen LogP contribution is 2.49. The summed E-state index contributed by atoms with van der Waals surface area (Å²) in [6.07, 6.45) is 9.46. The molecule has 1 N–H and O–H groups in total. The van der Waals surface area contributed by atoms with Gasteiger partial charge in [-0.2, -0.15) is 0 Å². The molecule has 1 heterocycles. The average Bonchev–Trinajstić information content (AvgIpc) is 2.81. The van der Waals surface area contributed by atoms with Crippen LogP contribution in [0.3, 0.4) is 0 Å². The zero-order valence-corrected chi connectivity index (χ0v) is 20.1. The van der Waals surface area contributed by atoms with Gasteiger partial charge in [-0.1, -0.05) is 81.3 Å². The van der Waals surface area contributed by atoms with Gasteiger partial charge in [0.25, 0.3) is 0 Å². The van der Waals surface area contributed by atoms with Crippen LogP contribution in [-0.2, 0) is 10.2 Å². The van der Waals surface area contributed by atoms with Crippen LogP contribution in [0.5, 0.6) is 11.5 Å². The molecule has 2 aromatic carbocycles. The number of benzene rings is 2. The van der Waals surface area contributed by atoms with Crippen molar-refractivity contribution in [1.82, 2.24) is 0 Å². The first-order valence-corrected chi connectivity index (χ1v) is 12.1. The van der Waals surface area contributed by atoms with Crippen molar-refractivity contribution in [3.8, 4) is 11.5 Å². The lowest BCUT2D eigenvalue weighted by molar-refractivity contribution is 0.0506. The zero-order valence-electron chi connectivity index (χ0n) is 20.1. The molecule has 0 aromatic heterocycles. The van der Waals surface area contributed by atoms with Crippen molar-refractivity contribution in [2.24, 2.45) is 0 Å². The predicted octanol–water partition coefficient (Wildman–Crippen LogP) is 6.52. The third kappa shape index (κ3) is 6.26. The van der Waals surface area contributed by atoms with Crippen LogP contribution in [0.1, 0.15) is 80.9 Å². The van der Waals surface area contributed by atoms with Crippen molar-refractivity contribution in [2.75, 3.05) is 27.1 Å². The van der Waals surface area contributed by atoms with E-state index in [1.807, 2.05) is 12.1 Å². The lowest BCUT2D eigenvalue weighted by Gasteiger charge is -2.43. The van der Waals surface area contributed by atoms with Crippen molar-refractivity contribution >= 4 is 0 Å². The molecule has 0 saturated carbocycles. The number of aliphatic hydroxyl groups is 1. The standard InChI is InChI=1S/C28H40O4/c1-22-12-14-23(15-13-22)28(2)20-31-27-19-24(32-21-30-3)16-17-25(27)26(28)11-9-7-5-4-6-8-10-18-29/h12-17,19,26,29H,4-11,18,20-21H2,1-3H3/t26-,28-/m1/s1. The third-order valence-corrected chi connectivity index (χ3v) is 6.86. The Balaban J connectivity index is 1.73. The second-order valence-electron chi connectivity index (χ2n) is 9.36. The summed E-state index contributed by atoms with van der Waals surface area (Å²) in [7, 11) is 1.63. The molecule has 0 spiro atoms. The summed E-state index contributed by atoms with van der Waals surface area (Å²) < 4.78 is 17.0. The van der Waals surface area contributed by atoms with Gasteiger partial charge in [-0.05, 0) is 37.0 Å². The lowest BCUT2D eigenvalue weighted by atomic mass is 9.66. The summed E-state index contributed by atoms with van der Waals surface area (Å²) in [5.74, 6) is 2.13. The summed E-state index contributed by atoms with van der Waals surface area (Å²) in [6, 6.07) is 15.2. The summed E-state index contributed by atoms with van der Waals surface area (Å²) in [4.78, 5) is 0. The monoisotopic (exact) mass is 440 g/mol. The van der Waals surface area contributed by atoms with E-state index in [9.17, 15) is 0 Å². The SMILES string of the molecule is COCOc1ccc2c(c1)OC[C@](C)(c1ccc(C)cc1)[C@@H]2CCCCCCCCCO. The molecule has 2 aromatic rings. The fraction of sp³-hybridized carbons (Fsp3) is 0.571. The Morgan fingerprint density at radius 3 is 2.34 bits per heavy atom. The molecule has 4 nitrogen and oxygen atoms in total. The highest BCUT2D eigenvalue weighted by Gasteiger charge is 2.42. The van der Waals surface area contributed by atoms with E-state index in [1.165, 1.54) is 48.8 Å². The number of hydrogen-bond donors (Lipinski definition) is 1. The summed E-state index contributed by atoms with van der Waals surface area (Å²) >= 11 is 0. The first kappa shape index (κ1) is 24.6. The van der Waals surface area contributed by atoms with Crippen molar-refractivity contribution in [2.45, 2.75) is 76.5 Å². The minimum absolute atomic E-state index is 0.0588. The number of aryl methyl sites for hydroxylation is 1. The molecule has 0 amide bonds. The van der Waals surface area contributed by atoms with E-state index in [1.54, 1.807) is 7.11 Å². The van der Waals surface area contributed by atoms with Gasteiger partial charge in [0.2, 0.25) is 0 Å². The van der Waals surface area contributed by atoms with E-state index >= 15 is 0 Å². The van der Waals surface area contributed by atoms with Crippen molar-refractivity contribution < 1.29 is 19.3 Å². The topological polar surface area (TPSA) is 47.9 Å². The second-order valence-corrected chi connectivity index (χ2v) is 9.36. The normalized spacial score (nSPS) is 19.9. The fourth-order valence-electron chi connectivity index (χ4n) is 4.85. The van der Waals surface area contributed by atoms with Gasteiger partial charge in [0, 0.05) is 31.1 Å². The predicted molar refractivity (Wildman–Crippen MR) is 130 cm³/mol. The molecule has 4 heteroatoms. The van der Waals surface area contributed by atoms with Crippen molar-refractivity contribution in [3.05, 3.63) is 59.2 Å². The van der Waals surface area contributed by atoms with Gasteiger partial charge in [-0.25, -0.2) is 0 Å². The van der Waals surface area contributed by atoms with E-state index in [4.69, 9.17) is 19.3 Å². The summed E-state index contributed by atoms with van der Waals surface area (Å²) in [5.41, 5.74) is 3.86. The number of aliphatic hydroxyl groups excluding tert-OH is 1. The van der Waals surface area contributed by atoms with Crippen LogP contribution >= 0.6 is 0 Å². The summed E-state index contributed by atoms with van der Waals surface area (Å²) in [5, 5.41) is 8.92. The molecule has 3 rings (SSSR count). The van der Waals surface area contributed by atoms with E-state index in [2.05, 4.69) is 44.2 Å². The molecule has 0 bridgehead atoms. The highest BCUT2D eigenvalue weighted by molar-refractivity contribution is 5.48. The van der Waals surface area contributed by atoms with Crippen LogP contribution in [-0.4, -0.2) is 32.2 Å². The van der Waals surface area contributed by atoms with Crippen LogP contribution in [0.2, 0.25) is 0 Å². The molecule has 0 saturated heterocycles. The number of ether oxygens (including phenoxy) is 3. The maximum atomic E-state index is 8.92. The molecule has 0 radical (unpaired) electrons. The Hall–Kier alpha value is -2.04. The van der Waals surface area contributed by atoms with Crippen LogP contribution in [0.4, 0.5) is 0 Å². The Kier molecular flexibility index (Phi) is 9.43.